The number of nitrogens with zero attached hydrogens (tertiary/aromatic N) is 3. The van der Waals surface area contributed by atoms with Crippen molar-refractivity contribution in [1.29, 1.82) is 0 Å². The fourth-order valence-electron chi connectivity index (χ4n) is 4.06. The summed E-state index contributed by atoms with van der Waals surface area (Å²) in [6.45, 7) is 2.07. The lowest BCUT2D eigenvalue weighted by molar-refractivity contribution is 0.0526. The highest BCUT2D eigenvalue weighted by atomic mass is 16.5. The van der Waals surface area contributed by atoms with Crippen LogP contribution in [0.15, 0.2) is 79.1 Å². The molecule has 7 nitrogen and oxygen atoms in total. The average molecular weight is 424 g/mol. The summed E-state index contributed by atoms with van der Waals surface area (Å²) < 4.78 is 5.07. The Morgan fingerprint density at radius 1 is 1.06 bits per heavy atom. The van der Waals surface area contributed by atoms with Gasteiger partial charge in [0.2, 0.25) is 0 Å². The SMILES string of the molecule is CCOC(=O)c1ccc(N2C(=O)c3[nH]nc(-c4ccccc4)c3[C@H]2c2cccnc2)cc1. The zero-order valence-corrected chi connectivity index (χ0v) is 17.4. The summed E-state index contributed by atoms with van der Waals surface area (Å²) in [5.74, 6) is -0.580. The van der Waals surface area contributed by atoms with Crippen LogP contribution in [0.1, 0.15) is 44.9 Å². The molecule has 1 aliphatic rings. The number of anilines is 1. The van der Waals surface area contributed by atoms with Crippen LogP contribution >= 0.6 is 0 Å². The molecule has 0 aliphatic carbocycles. The van der Waals surface area contributed by atoms with Gasteiger partial charge in [0.05, 0.1) is 23.9 Å². The molecule has 0 unspecified atom stereocenters. The van der Waals surface area contributed by atoms with E-state index < -0.39 is 12.0 Å². The quantitative estimate of drug-likeness (QED) is 0.480. The first-order valence-corrected chi connectivity index (χ1v) is 10.3. The van der Waals surface area contributed by atoms with Crippen LogP contribution in [0.3, 0.4) is 0 Å². The maximum Gasteiger partial charge on any atom is 0.338 e. The molecule has 0 radical (unpaired) electrons. The van der Waals surface area contributed by atoms with Gasteiger partial charge >= 0.3 is 5.97 Å². The Morgan fingerprint density at radius 3 is 2.53 bits per heavy atom. The number of aromatic nitrogens is 3. The molecule has 5 rings (SSSR count). The van der Waals surface area contributed by atoms with Crippen molar-refractivity contribution in [3.63, 3.8) is 0 Å². The van der Waals surface area contributed by atoms with Crippen molar-refractivity contribution in [1.82, 2.24) is 15.2 Å². The molecule has 1 amide bonds. The van der Waals surface area contributed by atoms with Gasteiger partial charge in [-0.15, -0.1) is 0 Å². The number of carbonyl (C=O) groups excluding carboxylic acids is 2. The number of nitrogens with one attached hydrogen (secondary N) is 1. The molecule has 32 heavy (non-hydrogen) atoms. The van der Waals surface area contributed by atoms with Gasteiger partial charge in [0, 0.05) is 29.2 Å². The van der Waals surface area contributed by atoms with E-state index in [9.17, 15) is 9.59 Å². The molecule has 0 saturated carbocycles. The highest BCUT2D eigenvalue weighted by molar-refractivity contribution is 6.11. The second-order valence-electron chi connectivity index (χ2n) is 7.36. The Labute approximate surface area is 184 Å². The fraction of sp³-hybridized carbons (Fsp3) is 0.120. The molecular weight excluding hydrogens is 404 g/mol. The minimum absolute atomic E-state index is 0.188. The van der Waals surface area contributed by atoms with Crippen molar-refractivity contribution in [2.24, 2.45) is 0 Å². The minimum Gasteiger partial charge on any atom is -0.462 e. The number of hydrogen-bond acceptors (Lipinski definition) is 5. The lowest BCUT2D eigenvalue weighted by Crippen LogP contribution is -2.29. The molecule has 1 atom stereocenters. The Balaban J connectivity index is 1.62. The van der Waals surface area contributed by atoms with Gasteiger partial charge in [-0.05, 0) is 42.8 Å². The van der Waals surface area contributed by atoms with E-state index in [0.29, 0.717) is 23.6 Å². The van der Waals surface area contributed by atoms with Gasteiger partial charge in [-0.1, -0.05) is 36.4 Å². The van der Waals surface area contributed by atoms with E-state index >= 15 is 0 Å². The molecule has 1 aliphatic heterocycles. The van der Waals surface area contributed by atoms with Crippen LogP contribution < -0.4 is 4.90 Å². The smallest absolute Gasteiger partial charge is 0.338 e. The first kappa shape index (κ1) is 19.7. The summed E-state index contributed by atoms with van der Waals surface area (Å²) in [5.41, 5.74) is 4.88. The zero-order valence-electron chi connectivity index (χ0n) is 17.4. The zero-order chi connectivity index (χ0) is 22.1. The average Bonchev–Trinajstić information content (AvgIpc) is 3.39. The van der Waals surface area contributed by atoms with E-state index in [2.05, 4.69) is 15.2 Å². The highest BCUT2D eigenvalue weighted by Gasteiger charge is 2.43. The molecule has 2 aromatic heterocycles. The third kappa shape index (κ3) is 3.24. The number of pyridine rings is 1. The van der Waals surface area contributed by atoms with Gasteiger partial charge in [0.1, 0.15) is 5.69 Å². The van der Waals surface area contributed by atoms with Gasteiger partial charge in [-0.3, -0.25) is 19.8 Å². The van der Waals surface area contributed by atoms with Gasteiger partial charge in [-0.25, -0.2) is 4.79 Å². The largest absolute Gasteiger partial charge is 0.462 e. The van der Waals surface area contributed by atoms with Gasteiger partial charge in [-0.2, -0.15) is 5.10 Å². The summed E-state index contributed by atoms with van der Waals surface area (Å²) in [5, 5.41) is 7.41. The van der Waals surface area contributed by atoms with E-state index in [-0.39, 0.29) is 5.91 Å². The van der Waals surface area contributed by atoms with E-state index in [0.717, 1.165) is 22.4 Å². The van der Waals surface area contributed by atoms with Crippen LogP contribution in [0.5, 0.6) is 0 Å². The minimum atomic E-state index is -0.409. The van der Waals surface area contributed by atoms with E-state index in [1.165, 1.54) is 0 Å². The number of benzene rings is 2. The predicted octanol–water partition coefficient (Wildman–Crippen LogP) is 4.40. The first-order valence-electron chi connectivity index (χ1n) is 10.3. The number of esters is 1. The molecule has 0 spiro atoms. The number of hydrogen-bond donors (Lipinski definition) is 1. The Kier molecular flexibility index (Phi) is 4.99. The molecule has 0 fully saturated rings. The molecule has 3 heterocycles. The molecule has 1 N–H and O–H groups in total. The Morgan fingerprint density at radius 2 is 1.84 bits per heavy atom. The van der Waals surface area contributed by atoms with Crippen molar-refractivity contribution >= 4 is 17.6 Å². The second kappa shape index (κ2) is 8.11. The van der Waals surface area contributed by atoms with Crippen LogP contribution in [0, 0.1) is 0 Å². The monoisotopic (exact) mass is 424 g/mol. The summed E-state index contributed by atoms with van der Waals surface area (Å²) in [4.78, 5) is 31.5. The van der Waals surface area contributed by atoms with E-state index in [1.54, 1.807) is 48.5 Å². The topological polar surface area (TPSA) is 88.2 Å². The third-order valence-corrected chi connectivity index (χ3v) is 5.47. The van der Waals surface area contributed by atoms with Crippen LogP contribution in [-0.4, -0.2) is 33.7 Å². The normalized spacial score (nSPS) is 15.0. The number of ether oxygens (including phenoxy) is 1. The molecule has 2 aromatic carbocycles. The predicted molar refractivity (Wildman–Crippen MR) is 119 cm³/mol. The van der Waals surface area contributed by atoms with E-state index in [4.69, 9.17) is 4.74 Å². The highest BCUT2D eigenvalue weighted by Crippen LogP contribution is 2.44. The number of H-pyrrole nitrogens is 1. The number of aromatic amines is 1. The third-order valence-electron chi connectivity index (χ3n) is 5.47. The van der Waals surface area contributed by atoms with Crippen molar-refractivity contribution in [3.05, 3.63) is 102 Å². The fourth-order valence-corrected chi connectivity index (χ4v) is 4.06. The Hall–Kier alpha value is -4.26. The first-order chi connectivity index (χ1) is 15.7. The summed E-state index contributed by atoms with van der Waals surface area (Å²) in [6.07, 6.45) is 3.46. The second-order valence-corrected chi connectivity index (χ2v) is 7.36. The molecule has 4 aromatic rings. The summed E-state index contributed by atoms with van der Waals surface area (Å²) >= 11 is 0. The number of carbonyl (C=O) groups is 2. The lowest BCUT2D eigenvalue weighted by Gasteiger charge is -2.26. The maximum absolute atomic E-state index is 13.5. The summed E-state index contributed by atoms with van der Waals surface area (Å²) in [7, 11) is 0. The van der Waals surface area contributed by atoms with Crippen LogP contribution in [0.4, 0.5) is 5.69 Å². The molecular formula is C25H20N4O3. The molecule has 0 saturated heterocycles. The van der Waals surface area contributed by atoms with Crippen molar-refractivity contribution in [2.45, 2.75) is 13.0 Å². The van der Waals surface area contributed by atoms with Gasteiger partial charge in [0.25, 0.3) is 5.91 Å². The maximum atomic E-state index is 13.5. The van der Waals surface area contributed by atoms with E-state index in [1.807, 2.05) is 42.5 Å². The number of fused-ring (bicyclic) bond motifs is 1. The van der Waals surface area contributed by atoms with Crippen molar-refractivity contribution in [2.75, 3.05) is 11.5 Å². The van der Waals surface area contributed by atoms with Crippen LogP contribution in [0.25, 0.3) is 11.3 Å². The van der Waals surface area contributed by atoms with Crippen LogP contribution in [0.2, 0.25) is 0 Å². The number of amides is 1. The van der Waals surface area contributed by atoms with Gasteiger partial charge in [0.15, 0.2) is 0 Å². The number of rotatable bonds is 5. The summed E-state index contributed by atoms with van der Waals surface area (Å²) in [6, 6.07) is 20.0. The lowest BCUT2D eigenvalue weighted by atomic mass is 9.97. The van der Waals surface area contributed by atoms with Crippen molar-refractivity contribution in [3.8, 4) is 11.3 Å². The van der Waals surface area contributed by atoms with Gasteiger partial charge < -0.3 is 4.74 Å². The van der Waals surface area contributed by atoms with Crippen LogP contribution in [-0.2, 0) is 4.74 Å². The van der Waals surface area contributed by atoms with Crippen molar-refractivity contribution < 1.29 is 14.3 Å². The molecule has 158 valence electrons. The Bertz CT molecular complexity index is 1270. The standard InChI is InChI=1S/C25H20N4O3/c1-2-32-25(31)17-10-12-19(13-11-17)29-23(18-9-6-14-26-15-18)20-21(16-7-4-3-5-8-16)27-28-22(20)24(29)30/h3-15,23H,2H2,1H3,(H,27,28)/t23-/m1/s1. The molecule has 7 heteroatoms. The molecule has 0 bridgehead atoms.